The number of benzene rings is 2. The minimum atomic E-state index is 0.161. The van der Waals surface area contributed by atoms with E-state index in [1.54, 1.807) is 0 Å². The number of hydrogen-bond donors (Lipinski definition) is 0. The second kappa shape index (κ2) is 8.46. The molecule has 0 amide bonds. The summed E-state index contributed by atoms with van der Waals surface area (Å²) in [4.78, 5) is 2.15. The molecule has 0 radical (unpaired) electrons. The van der Waals surface area contributed by atoms with Gasteiger partial charge in [0.25, 0.3) is 0 Å². The fraction of sp³-hybridized carbons (Fsp3) is 0.278. The second-order valence-corrected chi connectivity index (χ2v) is 5.36. The molecule has 0 fully saturated rings. The third-order valence-corrected chi connectivity index (χ3v) is 3.87. The maximum Gasteiger partial charge on any atom is 0.0871 e. The molecule has 3 heteroatoms. The highest BCUT2D eigenvalue weighted by molar-refractivity contribution is 6.18. The Labute approximate surface area is 131 Å². The Balaban J connectivity index is 2.09. The molecular weight excluding hydrogens is 280 g/mol. The Morgan fingerprint density at radius 1 is 0.952 bits per heavy atom. The number of hydrogen-bond acceptors (Lipinski definition) is 2. The molecule has 0 N–H and O–H groups in total. The molecule has 2 rings (SSSR count). The third kappa shape index (κ3) is 4.90. The van der Waals surface area contributed by atoms with Gasteiger partial charge in [-0.1, -0.05) is 60.7 Å². The van der Waals surface area contributed by atoms with Crippen molar-refractivity contribution in [2.45, 2.75) is 19.0 Å². The van der Waals surface area contributed by atoms with E-state index in [1.807, 2.05) is 36.4 Å². The highest BCUT2D eigenvalue weighted by atomic mass is 35.5. The Hall–Kier alpha value is -1.82. The molecule has 0 aliphatic carbocycles. The Morgan fingerprint density at radius 2 is 1.52 bits per heavy atom. The maximum absolute atomic E-state index is 9.09. The van der Waals surface area contributed by atoms with Gasteiger partial charge in [-0.3, -0.25) is 4.90 Å². The Bertz CT molecular complexity index is 563. The Morgan fingerprint density at radius 3 is 2.05 bits per heavy atom. The Kier molecular flexibility index (Phi) is 6.27. The highest BCUT2D eigenvalue weighted by Crippen LogP contribution is 2.14. The first-order valence-corrected chi connectivity index (χ1v) is 7.61. The summed E-state index contributed by atoms with van der Waals surface area (Å²) in [5.41, 5.74) is 2.45. The largest absolute Gasteiger partial charge is 0.282 e. The van der Waals surface area contributed by atoms with Crippen molar-refractivity contribution >= 4 is 11.6 Å². The molecule has 0 heterocycles. The third-order valence-electron chi connectivity index (χ3n) is 3.51. The molecule has 2 aromatic carbocycles. The smallest absolute Gasteiger partial charge is 0.0871 e. The summed E-state index contributed by atoms with van der Waals surface area (Å²) < 4.78 is 0. The molecular formula is C18H19ClN2. The molecule has 21 heavy (non-hydrogen) atoms. The van der Waals surface area contributed by atoms with Crippen LogP contribution >= 0.6 is 11.6 Å². The zero-order valence-corrected chi connectivity index (χ0v) is 12.7. The lowest BCUT2D eigenvalue weighted by atomic mass is 10.0. The van der Waals surface area contributed by atoms with Crippen LogP contribution in [0.15, 0.2) is 60.7 Å². The lowest BCUT2D eigenvalue weighted by molar-refractivity contribution is 0.226. The number of alkyl halides is 1. The van der Waals surface area contributed by atoms with Gasteiger partial charge < -0.3 is 0 Å². The van der Waals surface area contributed by atoms with Crippen molar-refractivity contribution in [2.75, 3.05) is 12.4 Å². The van der Waals surface area contributed by atoms with E-state index in [1.165, 1.54) is 11.1 Å². The summed E-state index contributed by atoms with van der Waals surface area (Å²) >= 11 is 6.16. The number of halogens is 1. The SMILES string of the molecule is N#CCN(Cc1ccccc1)[C@H](CCl)Cc1ccccc1. The van der Waals surface area contributed by atoms with Gasteiger partial charge in [0.05, 0.1) is 12.6 Å². The first kappa shape index (κ1) is 15.6. The van der Waals surface area contributed by atoms with Crippen molar-refractivity contribution in [1.29, 1.82) is 5.26 Å². The van der Waals surface area contributed by atoms with Crippen LogP contribution in [0, 0.1) is 11.3 Å². The molecule has 0 aliphatic heterocycles. The molecule has 0 saturated carbocycles. The van der Waals surface area contributed by atoms with E-state index in [-0.39, 0.29) is 6.04 Å². The number of nitrogens with zero attached hydrogens (tertiary/aromatic N) is 2. The molecule has 0 aliphatic rings. The van der Waals surface area contributed by atoms with E-state index >= 15 is 0 Å². The van der Waals surface area contributed by atoms with Crippen molar-refractivity contribution < 1.29 is 0 Å². The lowest BCUT2D eigenvalue weighted by Crippen LogP contribution is -2.38. The van der Waals surface area contributed by atoms with Gasteiger partial charge >= 0.3 is 0 Å². The van der Waals surface area contributed by atoms with Crippen molar-refractivity contribution in [3.63, 3.8) is 0 Å². The fourth-order valence-electron chi connectivity index (χ4n) is 2.39. The monoisotopic (exact) mass is 298 g/mol. The van der Waals surface area contributed by atoms with Gasteiger partial charge in [-0.2, -0.15) is 5.26 Å². The van der Waals surface area contributed by atoms with Gasteiger partial charge in [0, 0.05) is 18.5 Å². The summed E-state index contributed by atoms with van der Waals surface area (Å²) in [6.45, 7) is 1.14. The van der Waals surface area contributed by atoms with Crippen molar-refractivity contribution in [1.82, 2.24) is 4.90 Å². The van der Waals surface area contributed by atoms with E-state index < -0.39 is 0 Å². The van der Waals surface area contributed by atoms with Crippen LogP contribution < -0.4 is 0 Å². The van der Waals surface area contributed by atoms with Crippen LogP contribution in [0.25, 0.3) is 0 Å². The van der Waals surface area contributed by atoms with Crippen LogP contribution in [0.4, 0.5) is 0 Å². The molecule has 0 spiro atoms. The van der Waals surface area contributed by atoms with Crippen molar-refractivity contribution in [2.24, 2.45) is 0 Å². The molecule has 2 nitrogen and oxygen atoms in total. The zero-order valence-electron chi connectivity index (χ0n) is 12.0. The summed E-state index contributed by atoms with van der Waals surface area (Å²) in [6.07, 6.45) is 0.860. The summed E-state index contributed by atoms with van der Waals surface area (Å²) in [5, 5.41) is 9.09. The summed E-state index contributed by atoms with van der Waals surface area (Å²) in [7, 11) is 0. The standard InChI is InChI=1S/C18H19ClN2/c19-14-18(13-16-7-3-1-4-8-16)21(12-11-20)15-17-9-5-2-6-10-17/h1-10,18H,12-15H2/t18-/m0/s1. The average molecular weight is 299 g/mol. The van der Waals surface area contributed by atoms with E-state index in [0.717, 1.165) is 13.0 Å². The van der Waals surface area contributed by atoms with Gasteiger partial charge in [0.2, 0.25) is 0 Å². The van der Waals surface area contributed by atoms with Gasteiger partial charge in [-0.25, -0.2) is 0 Å². The van der Waals surface area contributed by atoms with E-state index in [4.69, 9.17) is 16.9 Å². The maximum atomic E-state index is 9.09. The van der Waals surface area contributed by atoms with Crippen LogP contribution in [0.3, 0.4) is 0 Å². The van der Waals surface area contributed by atoms with Gasteiger partial charge in [-0.05, 0) is 17.5 Å². The normalized spacial score (nSPS) is 12.0. The molecule has 0 bridgehead atoms. The highest BCUT2D eigenvalue weighted by Gasteiger charge is 2.18. The van der Waals surface area contributed by atoms with Crippen molar-refractivity contribution in [3.05, 3.63) is 71.8 Å². The van der Waals surface area contributed by atoms with E-state index in [0.29, 0.717) is 12.4 Å². The summed E-state index contributed by atoms with van der Waals surface area (Å²) in [6, 6.07) is 22.9. The van der Waals surface area contributed by atoms with Crippen LogP contribution in [0.1, 0.15) is 11.1 Å². The molecule has 2 aromatic rings. The topological polar surface area (TPSA) is 27.0 Å². The number of rotatable bonds is 7. The minimum Gasteiger partial charge on any atom is -0.282 e. The first-order valence-electron chi connectivity index (χ1n) is 7.08. The average Bonchev–Trinajstić information content (AvgIpc) is 2.54. The quantitative estimate of drug-likeness (QED) is 0.573. The molecule has 1 atom stereocenters. The van der Waals surface area contributed by atoms with Gasteiger partial charge in [-0.15, -0.1) is 11.6 Å². The molecule has 0 aromatic heterocycles. The van der Waals surface area contributed by atoms with E-state index in [2.05, 4.69) is 35.2 Å². The fourth-order valence-corrected chi connectivity index (χ4v) is 2.69. The van der Waals surface area contributed by atoms with E-state index in [9.17, 15) is 0 Å². The summed E-state index contributed by atoms with van der Waals surface area (Å²) in [5.74, 6) is 0.517. The zero-order chi connectivity index (χ0) is 14.9. The lowest BCUT2D eigenvalue weighted by Gasteiger charge is -2.28. The molecule has 0 saturated heterocycles. The van der Waals surface area contributed by atoms with Crippen LogP contribution in [-0.2, 0) is 13.0 Å². The minimum absolute atomic E-state index is 0.161. The van der Waals surface area contributed by atoms with Gasteiger partial charge in [0.15, 0.2) is 0 Å². The van der Waals surface area contributed by atoms with Crippen LogP contribution in [0.5, 0.6) is 0 Å². The van der Waals surface area contributed by atoms with Crippen LogP contribution in [-0.4, -0.2) is 23.4 Å². The molecule has 0 unspecified atom stereocenters. The first-order chi connectivity index (χ1) is 10.3. The van der Waals surface area contributed by atoms with Crippen molar-refractivity contribution in [3.8, 4) is 6.07 Å². The second-order valence-electron chi connectivity index (χ2n) is 5.05. The number of nitriles is 1. The molecule has 108 valence electrons. The predicted octanol–water partition coefficient (Wildman–Crippen LogP) is 3.86. The van der Waals surface area contributed by atoms with Gasteiger partial charge in [0.1, 0.15) is 0 Å². The predicted molar refractivity (Wildman–Crippen MR) is 87.1 cm³/mol. The van der Waals surface area contributed by atoms with Crippen LogP contribution in [0.2, 0.25) is 0 Å².